The molecular weight excluding hydrogens is 280 g/mol. The molecule has 0 bridgehead atoms. The summed E-state index contributed by atoms with van der Waals surface area (Å²) in [6.07, 6.45) is 1.60. The van der Waals surface area contributed by atoms with Crippen LogP contribution in [0.5, 0.6) is 0 Å². The zero-order chi connectivity index (χ0) is 14.9. The molecule has 6 heteroatoms. The van der Waals surface area contributed by atoms with E-state index in [1.807, 2.05) is 49.4 Å². The van der Waals surface area contributed by atoms with Gasteiger partial charge in [-0.15, -0.1) is 0 Å². The van der Waals surface area contributed by atoms with Gasteiger partial charge in [0.15, 0.2) is 5.76 Å². The fourth-order valence-electron chi connectivity index (χ4n) is 2.13. The Morgan fingerprint density at radius 1 is 1.09 bits per heavy atom. The molecule has 4 aromatic rings. The molecule has 6 nitrogen and oxygen atoms in total. The van der Waals surface area contributed by atoms with Gasteiger partial charge in [-0.05, 0) is 19.1 Å². The largest absolute Gasteiger partial charge is 0.463 e. The maximum atomic E-state index is 5.31. The van der Waals surface area contributed by atoms with E-state index in [2.05, 4.69) is 20.3 Å². The van der Waals surface area contributed by atoms with Crippen molar-refractivity contribution in [3.05, 3.63) is 54.3 Å². The zero-order valence-corrected chi connectivity index (χ0v) is 11.8. The summed E-state index contributed by atoms with van der Waals surface area (Å²) in [6, 6.07) is 13.4. The van der Waals surface area contributed by atoms with E-state index in [9.17, 15) is 0 Å². The Morgan fingerprint density at radius 3 is 2.73 bits per heavy atom. The average Bonchev–Trinajstić information content (AvgIpc) is 3.27. The number of aromatic amines is 1. The third-order valence-corrected chi connectivity index (χ3v) is 3.32. The lowest BCUT2D eigenvalue weighted by molar-refractivity contribution is 0.431. The maximum absolute atomic E-state index is 5.31. The topological polar surface area (TPSA) is 80.7 Å². The normalized spacial score (nSPS) is 11.0. The first-order chi connectivity index (χ1) is 10.8. The van der Waals surface area contributed by atoms with Crippen molar-refractivity contribution in [2.24, 2.45) is 0 Å². The Hall–Kier alpha value is -3.15. The van der Waals surface area contributed by atoms with Gasteiger partial charge in [0.2, 0.25) is 5.82 Å². The van der Waals surface area contributed by atoms with Crippen LogP contribution in [0.25, 0.3) is 34.4 Å². The molecule has 0 atom stereocenters. The number of nitrogens with one attached hydrogen (secondary N) is 1. The van der Waals surface area contributed by atoms with Crippen molar-refractivity contribution in [1.82, 2.24) is 20.3 Å². The fourth-order valence-corrected chi connectivity index (χ4v) is 2.13. The van der Waals surface area contributed by atoms with Crippen molar-refractivity contribution in [3.8, 4) is 34.4 Å². The lowest BCUT2D eigenvalue weighted by atomic mass is 10.1. The monoisotopic (exact) mass is 292 g/mol. The minimum atomic E-state index is 0.390. The number of benzene rings is 1. The molecule has 0 aliphatic heterocycles. The Bertz CT molecular complexity index is 889. The lowest BCUT2D eigenvalue weighted by Gasteiger charge is -1.94. The van der Waals surface area contributed by atoms with Gasteiger partial charge in [0.05, 0.1) is 6.26 Å². The van der Waals surface area contributed by atoms with Crippen LogP contribution < -0.4 is 0 Å². The highest BCUT2D eigenvalue weighted by Gasteiger charge is 2.14. The van der Waals surface area contributed by atoms with Gasteiger partial charge < -0.3 is 8.94 Å². The third-order valence-electron chi connectivity index (χ3n) is 3.32. The molecule has 0 spiro atoms. The van der Waals surface area contributed by atoms with Crippen LogP contribution in [0.1, 0.15) is 5.56 Å². The van der Waals surface area contributed by atoms with Crippen LogP contribution in [0.2, 0.25) is 0 Å². The first kappa shape index (κ1) is 12.6. The first-order valence-corrected chi connectivity index (χ1v) is 6.80. The van der Waals surface area contributed by atoms with E-state index >= 15 is 0 Å². The van der Waals surface area contributed by atoms with Crippen LogP contribution in [0, 0.1) is 6.92 Å². The second-order valence-corrected chi connectivity index (χ2v) is 4.93. The Balaban J connectivity index is 1.65. The number of H-pyrrole nitrogens is 1. The van der Waals surface area contributed by atoms with Crippen molar-refractivity contribution in [2.75, 3.05) is 0 Å². The quantitative estimate of drug-likeness (QED) is 0.622. The summed E-state index contributed by atoms with van der Waals surface area (Å²) in [7, 11) is 0. The molecule has 108 valence electrons. The van der Waals surface area contributed by atoms with Gasteiger partial charge >= 0.3 is 0 Å². The highest BCUT2D eigenvalue weighted by Crippen LogP contribution is 2.25. The first-order valence-electron chi connectivity index (χ1n) is 6.80. The molecule has 3 heterocycles. The van der Waals surface area contributed by atoms with Crippen LogP contribution >= 0.6 is 0 Å². The molecule has 4 rings (SSSR count). The Kier molecular flexibility index (Phi) is 2.86. The standard InChI is InChI=1S/C16H12N4O2/c1-10-4-6-11(7-5-10)15-17-16(22-20-15)13-9-12(18-19-13)14-3-2-8-21-14/h2-9H,1H3,(H,18,19). The number of rotatable bonds is 3. The van der Waals surface area contributed by atoms with Gasteiger partial charge in [0.25, 0.3) is 5.89 Å². The summed E-state index contributed by atoms with van der Waals surface area (Å²) < 4.78 is 10.6. The van der Waals surface area contributed by atoms with Crippen LogP contribution in [-0.2, 0) is 0 Å². The van der Waals surface area contributed by atoms with Crippen LogP contribution in [-0.4, -0.2) is 20.3 Å². The van der Waals surface area contributed by atoms with Gasteiger partial charge in [-0.1, -0.05) is 35.0 Å². The molecule has 0 unspecified atom stereocenters. The minimum Gasteiger partial charge on any atom is -0.463 e. The number of aryl methyl sites for hydroxylation is 1. The van der Waals surface area contributed by atoms with Crippen molar-refractivity contribution in [1.29, 1.82) is 0 Å². The number of furan rings is 1. The van der Waals surface area contributed by atoms with Crippen molar-refractivity contribution in [2.45, 2.75) is 6.92 Å². The van der Waals surface area contributed by atoms with E-state index in [1.165, 1.54) is 5.56 Å². The molecule has 0 fully saturated rings. The molecular formula is C16H12N4O2. The van der Waals surface area contributed by atoms with E-state index < -0.39 is 0 Å². The van der Waals surface area contributed by atoms with Crippen LogP contribution in [0.3, 0.4) is 0 Å². The lowest BCUT2D eigenvalue weighted by Crippen LogP contribution is -1.81. The molecule has 0 radical (unpaired) electrons. The number of hydrogen-bond donors (Lipinski definition) is 1. The summed E-state index contributed by atoms with van der Waals surface area (Å²) in [5, 5.41) is 11.1. The van der Waals surface area contributed by atoms with E-state index in [0.29, 0.717) is 28.9 Å². The van der Waals surface area contributed by atoms with Crippen molar-refractivity contribution >= 4 is 0 Å². The van der Waals surface area contributed by atoms with E-state index in [1.54, 1.807) is 6.26 Å². The van der Waals surface area contributed by atoms with Crippen molar-refractivity contribution < 1.29 is 8.94 Å². The molecule has 0 aliphatic rings. The van der Waals surface area contributed by atoms with E-state index in [4.69, 9.17) is 8.94 Å². The smallest absolute Gasteiger partial charge is 0.276 e. The molecule has 22 heavy (non-hydrogen) atoms. The van der Waals surface area contributed by atoms with E-state index in [-0.39, 0.29) is 0 Å². The fraction of sp³-hybridized carbons (Fsp3) is 0.0625. The minimum absolute atomic E-state index is 0.390. The molecule has 1 N–H and O–H groups in total. The maximum Gasteiger partial charge on any atom is 0.276 e. The average molecular weight is 292 g/mol. The highest BCUT2D eigenvalue weighted by atomic mass is 16.5. The SMILES string of the molecule is Cc1ccc(-c2noc(-c3cc(-c4ccco4)n[nH]3)n2)cc1. The number of aromatic nitrogens is 4. The van der Waals surface area contributed by atoms with Gasteiger partial charge in [-0.2, -0.15) is 10.1 Å². The van der Waals surface area contributed by atoms with Gasteiger partial charge in [0, 0.05) is 11.6 Å². The third kappa shape index (κ3) is 2.20. The molecule has 0 aliphatic carbocycles. The van der Waals surface area contributed by atoms with Gasteiger partial charge in [-0.3, -0.25) is 5.10 Å². The molecule has 0 amide bonds. The predicted molar refractivity (Wildman–Crippen MR) is 79.8 cm³/mol. The molecule has 1 aromatic carbocycles. The predicted octanol–water partition coefficient (Wildman–Crippen LogP) is 3.70. The highest BCUT2D eigenvalue weighted by molar-refractivity contribution is 5.62. The summed E-state index contributed by atoms with van der Waals surface area (Å²) in [4.78, 5) is 4.40. The zero-order valence-electron chi connectivity index (χ0n) is 11.8. The summed E-state index contributed by atoms with van der Waals surface area (Å²) in [5.74, 6) is 1.62. The summed E-state index contributed by atoms with van der Waals surface area (Å²) in [5.41, 5.74) is 3.43. The Morgan fingerprint density at radius 2 is 1.95 bits per heavy atom. The molecule has 0 saturated heterocycles. The summed E-state index contributed by atoms with van der Waals surface area (Å²) >= 11 is 0. The summed E-state index contributed by atoms with van der Waals surface area (Å²) in [6.45, 7) is 2.03. The van der Waals surface area contributed by atoms with Gasteiger partial charge in [0.1, 0.15) is 11.4 Å². The molecule has 0 saturated carbocycles. The Labute approximate surface area is 125 Å². The second kappa shape index (κ2) is 5.00. The number of hydrogen-bond acceptors (Lipinski definition) is 5. The van der Waals surface area contributed by atoms with Gasteiger partial charge in [-0.25, -0.2) is 0 Å². The van der Waals surface area contributed by atoms with Crippen LogP contribution in [0.4, 0.5) is 0 Å². The van der Waals surface area contributed by atoms with Crippen molar-refractivity contribution in [3.63, 3.8) is 0 Å². The molecule has 3 aromatic heterocycles. The second-order valence-electron chi connectivity index (χ2n) is 4.93. The number of nitrogens with zero attached hydrogens (tertiary/aromatic N) is 3. The van der Waals surface area contributed by atoms with E-state index in [0.717, 1.165) is 5.56 Å². The van der Waals surface area contributed by atoms with Crippen LogP contribution in [0.15, 0.2) is 57.7 Å².